The van der Waals surface area contributed by atoms with Gasteiger partial charge in [0.05, 0.1) is 6.20 Å². The normalized spacial score (nSPS) is 10.2. The molecule has 0 bridgehead atoms. The molecule has 0 aliphatic heterocycles. The smallest absolute Gasteiger partial charge is 0.146 e. The number of imidazole rings is 1. The number of nitrogens with zero attached hydrogens (tertiary/aromatic N) is 1. The van der Waals surface area contributed by atoms with Gasteiger partial charge in [-0.15, -0.1) is 0 Å². The van der Waals surface area contributed by atoms with Gasteiger partial charge in [-0.3, -0.25) is 0 Å². The van der Waals surface area contributed by atoms with Gasteiger partial charge in [-0.05, 0) is 24.6 Å². The average Bonchev–Trinajstić information content (AvgIpc) is 2.62. The van der Waals surface area contributed by atoms with Crippen molar-refractivity contribution in [3.63, 3.8) is 0 Å². The lowest BCUT2D eigenvalue weighted by Gasteiger charge is -2.04. The molecule has 2 aromatic rings. The molecule has 4 heteroatoms. The minimum atomic E-state index is 0.403. The molecule has 0 fully saturated rings. The van der Waals surface area contributed by atoms with E-state index < -0.39 is 0 Å². The molecule has 3 N–H and O–H groups in total. The Morgan fingerprint density at radius 2 is 2.33 bits per heavy atom. The quantitative estimate of drug-likeness (QED) is 0.800. The number of aromatic nitrogens is 2. The predicted molar refractivity (Wildman–Crippen MR) is 58.5 cm³/mol. The number of aryl methyl sites for hydroxylation is 1. The van der Waals surface area contributed by atoms with Gasteiger partial charge in [0.25, 0.3) is 0 Å². The van der Waals surface area contributed by atoms with Crippen LogP contribution in [0.1, 0.15) is 11.4 Å². The number of nitrogen functional groups attached to an aromatic ring is 1. The first-order valence-corrected chi connectivity index (χ1v) is 4.73. The van der Waals surface area contributed by atoms with E-state index in [2.05, 4.69) is 9.97 Å². The molecule has 1 aromatic heterocycles. The van der Waals surface area contributed by atoms with Crippen molar-refractivity contribution >= 4 is 5.82 Å². The summed E-state index contributed by atoms with van der Waals surface area (Å²) in [5, 5.41) is 0. The summed E-state index contributed by atoms with van der Waals surface area (Å²) in [5.74, 6) is 2.12. The van der Waals surface area contributed by atoms with Crippen LogP contribution < -0.4 is 10.5 Å². The van der Waals surface area contributed by atoms with E-state index in [1.807, 2.05) is 31.2 Å². The van der Waals surface area contributed by atoms with Crippen molar-refractivity contribution in [3.8, 4) is 5.75 Å². The van der Waals surface area contributed by atoms with Crippen LogP contribution in [0.15, 0.2) is 30.5 Å². The number of hydrogen-bond acceptors (Lipinski definition) is 3. The Bertz CT molecular complexity index is 451. The number of aromatic amines is 1. The van der Waals surface area contributed by atoms with Gasteiger partial charge < -0.3 is 15.5 Å². The summed E-state index contributed by atoms with van der Waals surface area (Å²) in [6, 6.07) is 7.88. The summed E-state index contributed by atoms with van der Waals surface area (Å²) in [6.45, 7) is 2.43. The van der Waals surface area contributed by atoms with Crippen LogP contribution in [-0.4, -0.2) is 9.97 Å². The van der Waals surface area contributed by atoms with Crippen LogP contribution >= 0.6 is 0 Å². The zero-order valence-corrected chi connectivity index (χ0v) is 8.53. The van der Waals surface area contributed by atoms with E-state index in [0.717, 1.165) is 11.6 Å². The van der Waals surface area contributed by atoms with Crippen LogP contribution in [0, 0.1) is 6.92 Å². The summed E-state index contributed by atoms with van der Waals surface area (Å²) in [7, 11) is 0. The van der Waals surface area contributed by atoms with Gasteiger partial charge in [0.15, 0.2) is 0 Å². The Balaban J connectivity index is 1.99. The number of ether oxygens (including phenoxy) is 1. The molecule has 1 aromatic carbocycles. The third kappa shape index (κ3) is 2.49. The summed E-state index contributed by atoms with van der Waals surface area (Å²) in [5.41, 5.74) is 6.67. The van der Waals surface area contributed by atoms with Crippen molar-refractivity contribution in [2.45, 2.75) is 13.5 Å². The van der Waals surface area contributed by atoms with E-state index in [1.165, 1.54) is 5.56 Å². The Labute approximate surface area is 88.1 Å². The van der Waals surface area contributed by atoms with E-state index in [-0.39, 0.29) is 0 Å². The fraction of sp³-hybridized carbons (Fsp3) is 0.182. The first-order valence-electron chi connectivity index (χ1n) is 4.73. The maximum Gasteiger partial charge on any atom is 0.146 e. The van der Waals surface area contributed by atoms with Gasteiger partial charge >= 0.3 is 0 Å². The van der Waals surface area contributed by atoms with Crippen LogP contribution in [0.2, 0.25) is 0 Å². The second kappa shape index (κ2) is 4.04. The molecule has 0 aliphatic carbocycles. The van der Waals surface area contributed by atoms with Crippen LogP contribution in [0.25, 0.3) is 0 Å². The first-order chi connectivity index (χ1) is 7.24. The van der Waals surface area contributed by atoms with E-state index in [1.54, 1.807) is 6.20 Å². The Morgan fingerprint density at radius 1 is 1.47 bits per heavy atom. The number of rotatable bonds is 3. The molecule has 0 atom stereocenters. The molecular weight excluding hydrogens is 190 g/mol. The number of hydrogen-bond donors (Lipinski definition) is 2. The molecule has 0 aliphatic rings. The van der Waals surface area contributed by atoms with Crippen molar-refractivity contribution in [1.29, 1.82) is 0 Å². The number of benzene rings is 1. The lowest BCUT2D eigenvalue weighted by atomic mass is 10.2. The molecule has 0 unspecified atom stereocenters. The summed E-state index contributed by atoms with van der Waals surface area (Å²) < 4.78 is 5.54. The van der Waals surface area contributed by atoms with E-state index in [9.17, 15) is 0 Å². The van der Waals surface area contributed by atoms with Crippen molar-refractivity contribution in [3.05, 3.63) is 41.9 Å². The monoisotopic (exact) mass is 203 g/mol. The number of anilines is 1. The predicted octanol–water partition coefficient (Wildman–Crippen LogP) is 1.88. The van der Waals surface area contributed by atoms with Crippen molar-refractivity contribution in [2.75, 3.05) is 5.73 Å². The van der Waals surface area contributed by atoms with Crippen molar-refractivity contribution in [1.82, 2.24) is 9.97 Å². The molecule has 1 heterocycles. The van der Waals surface area contributed by atoms with E-state index in [0.29, 0.717) is 12.4 Å². The van der Waals surface area contributed by atoms with Crippen LogP contribution in [-0.2, 0) is 6.61 Å². The minimum Gasteiger partial charge on any atom is -0.486 e. The number of nitrogens with one attached hydrogen (secondary N) is 1. The van der Waals surface area contributed by atoms with Gasteiger partial charge in [-0.2, -0.15) is 0 Å². The maximum absolute atomic E-state index is 5.54. The fourth-order valence-electron chi connectivity index (χ4n) is 1.31. The topological polar surface area (TPSA) is 63.9 Å². The highest BCUT2D eigenvalue weighted by Gasteiger charge is 1.99. The van der Waals surface area contributed by atoms with E-state index >= 15 is 0 Å². The van der Waals surface area contributed by atoms with Gasteiger partial charge in [-0.25, -0.2) is 4.98 Å². The van der Waals surface area contributed by atoms with E-state index in [4.69, 9.17) is 10.5 Å². The largest absolute Gasteiger partial charge is 0.486 e. The zero-order valence-electron chi connectivity index (χ0n) is 8.53. The third-order valence-electron chi connectivity index (χ3n) is 2.01. The molecule has 0 amide bonds. The Hall–Kier alpha value is -1.97. The first kappa shape index (κ1) is 9.58. The number of nitrogens with two attached hydrogens (primary N) is 1. The van der Waals surface area contributed by atoms with Crippen molar-refractivity contribution < 1.29 is 4.74 Å². The summed E-state index contributed by atoms with van der Waals surface area (Å²) in [6.07, 6.45) is 1.58. The van der Waals surface area contributed by atoms with Gasteiger partial charge in [-0.1, -0.05) is 12.1 Å². The number of H-pyrrole nitrogens is 1. The average molecular weight is 203 g/mol. The van der Waals surface area contributed by atoms with Gasteiger partial charge in [0.2, 0.25) is 0 Å². The standard InChI is InChI=1S/C11H13N3O/c1-8-3-2-4-9(5-8)15-7-11-13-6-10(12)14-11/h2-6H,7,12H2,1H3,(H,13,14). The van der Waals surface area contributed by atoms with Gasteiger partial charge in [0, 0.05) is 0 Å². The molecule has 2 rings (SSSR count). The molecule has 0 saturated carbocycles. The molecule has 0 radical (unpaired) electrons. The maximum atomic E-state index is 5.54. The Kier molecular flexibility index (Phi) is 2.58. The van der Waals surface area contributed by atoms with Crippen LogP contribution in [0.5, 0.6) is 5.75 Å². The second-order valence-electron chi connectivity index (χ2n) is 3.39. The van der Waals surface area contributed by atoms with Gasteiger partial charge in [0.1, 0.15) is 24.0 Å². The fourth-order valence-corrected chi connectivity index (χ4v) is 1.31. The molecule has 4 nitrogen and oxygen atoms in total. The highest BCUT2D eigenvalue weighted by Crippen LogP contribution is 2.13. The van der Waals surface area contributed by atoms with Crippen LogP contribution in [0.3, 0.4) is 0 Å². The summed E-state index contributed by atoms with van der Waals surface area (Å²) in [4.78, 5) is 6.95. The highest BCUT2D eigenvalue weighted by atomic mass is 16.5. The molecule has 0 spiro atoms. The highest BCUT2D eigenvalue weighted by molar-refractivity contribution is 5.28. The lowest BCUT2D eigenvalue weighted by Crippen LogP contribution is -1.97. The summed E-state index contributed by atoms with van der Waals surface area (Å²) >= 11 is 0. The minimum absolute atomic E-state index is 0.403. The van der Waals surface area contributed by atoms with Crippen molar-refractivity contribution in [2.24, 2.45) is 0 Å². The molecule has 78 valence electrons. The Morgan fingerprint density at radius 3 is 3.00 bits per heavy atom. The van der Waals surface area contributed by atoms with Crippen LogP contribution in [0.4, 0.5) is 5.82 Å². The second-order valence-corrected chi connectivity index (χ2v) is 3.39. The molecule has 0 saturated heterocycles. The molecular formula is C11H13N3O. The molecule has 15 heavy (non-hydrogen) atoms. The zero-order chi connectivity index (χ0) is 10.7. The SMILES string of the molecule is Cc1cccc(OCc2ncc(N)[nH]2)c1. The lowest BCUT2D eigenvalue weighted by molar-refractivity contribution is 0.297. The third-order valence-corrected chi connectivity index (χ3v) is 2.01.